The van der Waals surface area contributed by atoms with E-state index in [9.17, 15) is 30.0 Å². The highest BCUT2D eigenvalue weighted by Gasteiger charge is 2.57. The van der Waals surface area contributed by atoms with Crippen LogP contribution in [0.3, 0.4) is 0 Å². The lowest BCUT2D eigenvalue weighted by molar-refractivity contribution is -0.210. The quantitative estimate of drug-likeness (QED) is 0.530. The van der Waals surface area contributed by atoms with Gasteiger partial charge in [-0.25, -0.2) is 4.79 Å². The summed E-state index contributed by atoms with van der Waals surface area (Å²) < 4.78 is 5.40. The van der Waals surface area contributed by atoms with Gasteiger partial charge in [-0.05, 0) is 52.9 Å². The highest BCUT2D eigenvalue weighted by Crippen LogP contribution is 2.53. The molecule has 0 aromatic rings. The lowest BCUT2D eigenvalue weighted by Crippen LogP contribution is -2.60. The summed E-state index contributed by atoms with van der Waals surface area (Å²) in [6.07, 6.45) is 0.400. The molecule has 2 aliphatic rings. The number of carbonyl (C=O) groups is 2. The molecule has 0 aromatic heterocycles. The number of fused-ring (bicyclic) bond motifs is 1. The van der Waals surface area contributed by atoms with Crippen LogP contribution >= 0.6 is 0 Å². The minimum absolute atomic E-state index is 0.149. The van der Waals surface area contributed by atoms with Gasteiger partial charge in [0.05, 0.1) is 11.7 Å². The molecule has 0 spiro atoms. The Morgan fingerprint density at radius 1 is 1.30 bits per heavy atom. The minimum atomic E-state index is -2.09. The Bertz CT molecular complexity index is 654. The topological polar surface area (TPSA) is 124 Å². The van der Waals surface area contributed by atoms with Crippen LogP contribution < -0.4 is 0 Å². The molecular formula is C20H32O7. The minimum Gasteiger partial charge on any atom is -0.457 e. The predicted octanol–water partition coefficient (Wildman–Crippen LogP) is 0.867. The first-order valence-electron chi connectivity index (χ1n) is 9.35. The molecule has 0 heterocycles. The zero-order chi connectivity index (χ0) is 21.0. The monoisotopic (exact) mass is 384 g/mol. The van der Waals surface area contributed by atoms with E-state index < -0.39 is 46.3 Å². The van der Waals surface area contributed by atoms with Crippen LogP contribution in [-0.2, 0) is 14.3 Å². The molecule has 2 rings (SSSR count). The molecule has 2 unspecified atom stereocenters. The summed E-state index contributed by atoms with van der Waals surface area (Å²) in [4.78, 5) is 24.8. The van der Waals surface area contributed by atoms with Crippen molar-refractivity contribution in [1.82, 2.24) is 0 Å². The van der Waals surface area contributed by atoms with Gasteiger partial charge < -0.3 is 25.2 Å². The predicted molar refractivity (Wildman–Crippen MR) is 97.6 cm³/mol. The second-order valence-electron chi connectivity index (χ2n) is 9.35. The number of aliphatic hydroxyl groups is 4. The van der Waals surface area contributed by atoms with Crippen LogP contribution in [0.2, 0.25) is 0 Å². The second kappa shape index (κ2) is 6.65. The van der Waals surface area contributed by atoms with Crippen molar-refractivity contribution in [3.8, 4) is 0 Å². The molecule has 0 radical (unpaired) electrons. The van der Waals surface area contributed by atoms with Crippen LogP contribution in [0, 0.1) is 11.3 Å². The summed E-state index contributed by atoms with van der Waals surface area (Å²) in [5.41, 5.74) is -5.21. The van der Waals surface area contributed by atoms with Crippen LogP contribution in [0.5, 0.6) is 0 Å². The molecule has 4 N–H and O–H groups in total. The summed E-state index contributed by atoms with van der Waals surface area (Å²) in [6, 6.07) is 0. The van der Waals surface area contributed by atoms with Crippen molar-refractivity contribution in [1.29, 1.82) is 0 Å². The largest absolute Gasteiger partial charge is 0.457 e. The Morgan fingerprint density at radius 2 is 1.85 bits per heavy atom. The van der Waals surface area contributed by atoms with Gasteiger partial charge in [0.1, 0.15) is 11.7 Å². The number of carbonyl (C=O) groups excluding carboxylic acids is 2. The molecule has 0 amide bonds. The molecule has 27 heavy (non-hydrogen) atoms. The number of aliphatic hydroxyl groups excluding tert-OH is 1. The van der Waals surface area contributed by atoms with Gasteiger partial charge in [0.2, 0.25) is 0 Å². The highest BCUT2D eigenvalue weighted by molar-refractivity contribution is 5.98. The zero-order valence-electron chi connectivity index (χ0n) is 16.9. The molecule has 0 bridgehead atoms. The number of hydrogen-bond donors (Lipinski definition) is 4. The second-order valence-corrected chi connectivity index (χ2v) is 9.35. The van der Waals surface area contributed by atoms with Crippen molar-refractivity contribution in [2.75, 3.05) is 0 Å². The SMILES string of the molecule is CC(O)C(C)(O)C(=O)O[C@@H]1CC[C@]2(C)CC(=O)C(C(C)(C)O)=C[C@H]2[C@]1(C)O. The third kappa shape index (κ3) is 3.83. The normalized spacial score (nSPS) is 37.7. The van der Waals surface area contributed by atoms with Gasteiger partial charge in [-0.3, -0.25) is 4.79 Å². The molecule has 0 aliphatic heterocycles. The third-order valence-corrected chi connectivity index (χ3v) is 6.34. The van der Waals surface area contributed by atoms with Gasteiger partial charge >= 0.3 is 5.97 Å². The van der Waals surface area contributed by atoms with Crippen LogP contribution in [0.25, 0.3) is 0 Å². The van der Waals surface area contributed by atoms with Gasteiger partial charge in [0, 0.05) is 17.9 Å². The third-order valence-electron chi connectivity index (χ3n) is 6.34. The fourth-order valence-corrected chi connectivity index (χ4v) is 4.25. The van der Waals surface area contributed by atoms with Crippen LogP contribution in [0.1, 0.15) is 60.8 Å². The highest BCUT2D eigenvalue weighted by atomic mass is 16.6. The standard InChI is InChI=1S/C20H32O7/c1-11(21)19(5,25)16(23)27-15-7-8-18(4)10-13(22)12(17(2,3)24)9-14(18)20(15,6)26/h9,11,14-15,21,24-26H,7-8,10H2,1-6H3/t11?,14-,15-,18-,19?,20+/m1/s1. The molecule has 0 saturated heterocycles. The Hall–Kier alpha value is -1.28. The number of ketones is 1. The number of Topliss-reactive ketones (excluding diaryl/α,β-unsaturated/α-hetero) is 1. The lowest BCUT2D eigenvalue weighted by atomic mass is 9.54. The van der Waals surface area contributed by atoms with E-state index >= 15 is 0 Å². The lowest BCUT2D eigenvalue weighted by Gasteiger charge is -2.54. The van der Waals surface area contributed by atoms with Crippen LogP contribution in [0.4, 0.5) is 0 Å². The van der Waals surface area contributed by atoms with E-state index in [1.165, 1.54) is 20.8 Å². The Balaban J connectivity index is 2.37. The molecule has 0 aromatic carbocycles. The fraction of sp³-hybridized carbons (Fsp3) is 0.800. The summed E-state index contributed by atoms with van der Waals surface area (Å²) in [5, 5.41) is 41.3. The summed E-state index contributed by atoms with van der Waals surface area (Å²) in [5.74, 6) is -1.68. The molecule has 7 nitrogen and oxygen atoms in total. The van der Waals surface area contributed by atoms with E-state index in [2.05, 4.69) is 0 Å². The molecule has 1 fully saturated rings. The van der Waals surface area contributed by atoms with Gasteiger partial charge in [-0.15, -0.1) is 0 Å². The van der Waals surface area contributed by atoms with Crippen LogP contribution in [-0.4, -0.2) is 61.2 Å². The van der Waals surface area contributed by atoms with E-state index in [0.29, 0.717) is 12.8 Å². The van der Waals surface area contributed by atoms with Crippen molar-refractivity contribution in [3.05, 3.63) is 11.6 Å². The Morgan fingerprint density at radius 3 is 2.33 bits per heavy atom. The average Bonchev–Trinajstić information content (AvgIpc) is 2.47. The first kappa shape index (κ1) is 22.0. The molecule has 2 aliphatic carbocycles. The molecule has 7 heteroatoms. The Labute approximate surface area is 160 Å². The van der Waals surface area contributed by atoms with Gasteiger partial charge in [-0.1, -0.05) is 13.0 Å². The molecule has 6 atom stereocenters. The maximum Gasteiger partial charge on any atom is 0.340 e. The van der Waals surface area contributed by atoms with Crippen LogP contribution in [0.15, 0.2) is 11.6 Å². The maximum absolute atomic E-state index is 12.5. The van der Waals surface area contributed by atoms with E-state index in [4.69, 9.17) is 4.74 Å². The summed E-state index contributed by atoms with van der Waals surface area (Å²) in [7, 11) is 0. The number of rotatable bonds is 4. The summed E-state index contributed by atoms with van der Waals surface area (Å²) in [6.45, 7) is 8.93. The summed E-state index contributed by atoms with van der Waals surface area (Å²) >= 11 is 0. The molecular weight excluding hydrogens is 352 g/mol. The molecule has 154 valence electrons. The van der Waals surface area contributed by atoms with E-state index in [1.807, 2.05) is 6.92 Å². The maximum atomic E-state index is 12.5. The first-order chi connectivity index (χ1) is 12.0. The van der Waals surface area contributed by atoms with Crippen molar-refractivity contribution in [2.24, 2.45) is 11.3 Å². The van der Waals surface area contributed by atoms with Crippen molar-refractivity contribution in [3.63, 3.8) is 0 Å². The van der Waals surface area contributed by atoms with Crippen molar-refractivity contribution >= 4 is 11.8 Å². The van der Waals surface area contributed by atoms with Crippen molar-refractivity contribution in [2.45, 2.75) is 89.8 Å². The van der Waals surface area contributed by atoms with Gasteiger partial charge in [0.15, 0.2) is 11.4 Å². The number of ether oxygens (including phenoxy) is 1. The van der Waals surface area contributed by atoms with Gasteiger partial charge in [-0.2, -0.15) is 0 Å². The van der Waals surface area contributed by atoms with E-state index in [1.54, 1.807) is 13.0 Å². The smallest absolute Gasteiger partial charge is 0.340 e. The average molecular weight is 384 g/mol. The van der Waals surface area contributed by atoms with Crippen molar-refractivity contribution < 1.29 is 34.8 Å². The van der Waals surface area contributed by atoms with Gasteiger partial charge in [0.25, 0.3) is 0 Å². The molecule has 1 saturated carbocycles. The number of esters is 1. The Kier molecular flexibility index (Phi) is 5.42. The van der Waals surface area contributed by atoms with E-state index in [0.717, 1.165) is 6.92 Å². The fourth-order valence-electron chi connectivity index (χ4n) is 4.25. The zero-order valence-corrected chi connectivity index (χ0v) is 16.9. The first-order valence-corrected chi connectivity index (χ1v) is 9.35. The number of hydrogen-bond acceptors (Lipinski definition) is 7. The van der Waals surface area contributed by atoms with E-state index in [-0.39, 0.29) is 17.8 Å².